The highest BCUT2D eigenvalue weighted by atomic mass is 32.2. The Labute approximate surface area is 117 Å². The Bertz CT molecular complexity index is 603. The van der Waals surface area contributed by atoms with Gasteiger partial charge in [0, 0.05) is 6.04 Å². The maximum atomic E-state index is 12.7. The normalized spacial score (nSPS) is 29.1. The van der Waals surface area contributed by atoms with E-state index in [0.717, 1.165) is 12.8 Å². The van der Waals surface area contributed by atoms with E-state index in [-0.39, 0.29) is 10.9 Å². The van der Waals surface area contributed by atoms with Gasteiger partial charge >= 0.3 is 5.76 Å². The molecular formula is C14H17F2NO2S. The van der Waals surface area contributed by atoms with Crippen molar-refractivity contribution in [2.75, 3.05) is 5.32 Å². The first-order chi connectivity index (χ1) is 9.48. The molecule has 0 amide bonds. The third-order valence-corrected chi connectivity index (χ3v) is 5.95. The number of nitrogens with one attached hydrogen (secondary N) is 1. The van der Waals surface area contributed by atoms with Crippen LogP contribution in [0.1, 0.15) is 25.7 Å². The summed E-state index contributed by atoms with van der Waals surface area (Å²) < 4.78 is 48.8. The maximum absolute atomic E-state index is 12.7. The SMILES string of the molecule is O=S(=O)(c1ccccc1NC1CC2CCC1C2)C(F)F. The van der Waals surface area contributed by atoms with E-state index < -0.39 is 15.6 Å². The van der Waals surface area contributed by atoms with Crippen molar-refractivity contribution in [3.63, 3.8) is 0 Å². The van der Waals surface area contributed by atoms with Crippen molar-refractivity contribution in [1.29, 1.82) is 0 Å². The lowest BCUT2D eigenvalue weighted by Gasteiger charge is -2.25. The van der Waals surface area contributed by atoms with Crippen LogP contribution in [0, 0.1) is 11.8 Å². The minimum Gasteiger partial charge on any atom is -0.381 e. The summed E-state index contributed by atoms with van der Waals surface area (Å²) in [6.07, 6.45) is 4.56. The van der Waals surface area contributed by atoms with Crippen molar-refractivity contribution < 1.29 is 17.2 Å². The van der Waals surface area contributed by atoms with E-state index >= 15 is 0 Å². The van der Waals surface area contributed by atoms with Crippen molar-refractivity contribution in [1.82, 2.24) is 0 Å². The summed E-state index contributed by atoms with van der Waals surface area (Å²) in [5.74, 6) is -2.14. The first-order valence-corrected chi connectivity index (χ1v) is 8.40. The molecule has 0 spiro atoms. The van der Waals surface area contributed by atoms with E-state index in [4.69, 9.17) is 0 Å². The number of hydrogen-bond donors (Lipinski definition) is 1. The lowest BCUT2D eigenvalue weighted by molar-refractivity contribution is 0.235. The van der Waals surface area contributed by atoms with E-state index in [1.54, 1.807) is 12.1 Å². The van der Waals surface area contributed by atoms with Gasteiger partial charge in [-0.05, 0) is 43.2 Å². The second-order valence-electron chi connectivity index (χ2n) is 5.73. The first kappa shape index (κ1) is 13.8. The van der Waals surface area contributed by atoms with E-state index in [0.29, 0.717) is 17.5 Å². The zero-order valence-corrected chi connectivity index (χ0v) is 11.7. The number of benzene rings is 1. The topological polar surface area (TPSA) is 46.2 Å². The quantitative estimate of drug-likeness (QED) is 0.928. The predicted molar refractivity (Wildman–Crippen MR) is 72.5 cm³/mol. The van der Waals surface area contributed by atoms with Crippen LogP contribution in [-0.4, -0.2) is 20.2 Å². The molecule has 3 unspecified atom stereocenters. The van der Waals surface area contributed by atoms with Gasteiger partial charge in [0.1, 0.15) is 0 Å². The Morgan fingerprint density at radius 2 is 1.90 bits per heavy atom. The van der Waals surface area contributed by atoms with Crippen molar-refractivity contribution in [2.45, 2.75) is 42.4 Å². The molecule has 1 N–H and O–H groups in total. The highest BCUT2D eigenvalue weighted by Gasteiger charge is 2.40. The first-order valence-electron chi connectivity index (χ1n) is 6.86. The highest BCUT2D eigenvalue weighted by Crippen LogP contribution is 2.46. The van der Waals surface area contributed by atoms with E-state index in [9.17, 15) is 17.2 Å². The summed E-state index contributed by atoms with van der Waals surface area (Å²) in [7, 11) is -4.56. The summed E-state index contributed by atoms with van der Waals surface area (Å²) in [4.78, 5) is -0.294. The Morgan fingerprint density at radius 3 is 2.50 bits per heavy atom. The molecule has 2 saturated carbocycles. The molecule has 3 atom stereocenters. The van der Waals surface area contributed by atoms with Crippen LogP contribution in [0.5, 0.6) is 0 Å². The smallest absolute Gasteiger partial charge is 0.341 e. The lowest BCUT2D eigenvalue weighted by atomic mass is 9.95. The molecule has 0 radical (unpaired) electrons. The highest BCUT2D eigenvalue weighted by molar-refractivity contribution is 7.91. The number of hydrogen-bond acceptors (Lipinski definition) is 3. The summed E-state index contributed by atoms with van der Waals surface area (Å²) in [5.41, 5.74) is 0.311. The summed E-state index contributed by atoms with van der Waals surface area (Å²) in [6, 6.07) is 6.17. The van der Waals surface area contributed by atoms with E-state index in [1.165, 1.54) is 25.0 Å². The molecule has 1 aromatic rings. The molecule has 0 aromatic heterocycles. The van der Waals surface area contributed by atoms with Gasteiger partial charge in [-0.25, -0.2) is 8.42 Å². The number of sulfone groups is 1. The van der Waals surface area contributed by atoms with E-state index in [2.05, 4.69) is 5.32 Å². The molecule has 0 aliphatic heterocycles. The minimum atomic E-state index is -4.56. The number of fused-ring (bicyclic) bond motifs is 2. The molecule has 0 heterocycles. The molecule has 2 aliphatic carbocycles. The third kappa shape index (κ3) is 2.30. The molecule has 2 aliphatic rings. The summed E-state index contributed by atoms with van der Waals surface area (Å²) in [6.45, 7) is 0. The maximum Gasteiger partial charge on any atom is 0.341 e. The fourth-order valence-corrected chi connectivity index (χ4v) is 4.44. The van der Waals surface area contributed by atoms with Crippen molar-refractivity contribution in [2.24, 2.45) is 11.8 Å². The van der Waals surface area contributed by atoms with Crippen LogP contribution in [-0.2, 0) is 9.84 Å². The molecule has 2 fully saturated rings. The molecular weight excluding hydrogens is 284 g/mol. The molecule has 6 heteroatoms. The molecule has 2 bridgehead atoms. The number of para-hydroxylation sites is 1. The summed E-state index contributed by atoms with van der Waals surface area (Å²) >= 11 is 0. The monoisotopic (exact) mass is 301 g/mol. The van der Waals surface area contributed by atoms with Crippen molar-refractivity contribution >= 4 is 15.5 Å². The minimum absolute atomic E-state index is 0.211. The summed E-state index contributed by atoms with van der Waals surface area (Å²) in [5, 5.41) is 3.19. The number of rotatable bonds is 4. The zero-order chi connectivity index (χ0) is 14.3. The number of anilines is 1. The molecule has 110 valence electrons. The number of alkyl halides is 2. The predicted octanol–water partition coefficient (Wildman–Crippen LogP) is 3.28. The molecule has 1 aromatic carbocycles. The van der Waals surface area contributed by atoms with Gasteiger partial charge in [0.05, 0.1) is 10.6 Å². The Hall–Kier alpha value is -1.17. The average molecular weight is 301 g/mol. The Kier molecular flexibility index (Phi) is 3.44. The van der Waals surface area contributed by atoms with Crippen LogP contribution in [0.25, 0.3) is 0 Å². The van der Waals surface area contributed by atoms with Crippen molar-refractivity contribution in [3.8, 4) is 0 Å². The fraction of sp³-hybridized carbons (Fsp3) is 0.571. The second kappa shape index (κ2) is 4.98. The average Bonchev–Trinajstić information content (AvgIpc) is 3.01. The van der Waals surface area contributed by atoms with Crippen LogP contribution in [0.3, 0.4) is 0 Å². The van der Waals surface area contributed by atoms with Gasteiger partial charge in [-0.1, -0.05) is 18.6 Å². The van der Waals surface area contributed by atoms with Crippen molar-refractivity contribution in [3.05, 3.63) is 24.3 Å². The van der Waals surface area contributed by atoms with Gasteiger partial charge in [-0.3, -0.25) is 0 Å². The van der Waals surface area contributed by atoms with Gasteiger partial charge in [-0.2, -0.15) is 8.78 Å². The molecule has 0 saturated heterocycles. The fourth-order valence-electron chi connectivity index (χ4n) is 3.55. The number of halogens is 2. The Balaban J connectivity index is 1.87. The third-order valence-electron chi connectivity index (χ3n) is 4.51. The van der Waals surface area contributed by atoms with Crippen LogP contribution in [0.15, 0.2) is 29.2 Å². The standard InChI is InChI=1S/C14H17F2NO2S/c15-14(16)20(18,19)13-4-2-1-3-11(13)17-12-8-9-5-6-10(12)7-9/h1-4,9-10,12,14,17H,5-8H2. The Morgan fingerprint density at radius 1 is 1.15 bits per heavy atom. The largest absolute Gasteiger partial charge is 0.381 e. The zero-order valence-electron chi connectivity index (χ0n) is 10.9. The van der Waals surface area contributed by atoms with Gasteiger partial charge in [0.15, 0.2) is 0 Å². The van der Waals surface area contributed by atoms with Gasteiger partial charge in [0.2, 0.25) is 9.84 Å². The van der Waals surface area contributed by atoms with Gasteiger partial charge in [-0.15, -0.1) is 0 Å². The van der Waals surface area contributed by atoms with Gasteiger partial charge in [0.25, 0.3) is 0 Å². The molecule has 3 nitrogen and oxygen atoms in total. The van der Waals surface area contributed by atoms with E-state index in [1.807, 2.05) is 0 Å². The molecule has 20 heavy (non-hydrogen) atoms. The van der Waals surface area contributed by atoms with Crippen LogP contribution >= 0.6 is 0 Å². The van der Waals surface area contributed by atoms with Gasteiger partial charge < -0.3 is 5.32 Å². The van der Waals surface area contributed by atoms with Crippen LogP contribution < -0.4 is 5.32 Å². The second-order valence-corrected chi connectivity index (χ2v) is 7.61. The lowest BCUT2D eigenvalue weighted by Crippen LogP contribution is -2.27. The van der Waals surface area contributed by atoms with Crippen LogP contribution in [0.4, 0.5) is 14.5 Å². The van der Waals surface area contributed by atoms with Crippen LogP contribution in [0.2, 0.25) is 0 Å². The molecule has 3 rings (SSSR count).